The number of hydrogen-bond acceptors (Lipinski definition) is 5. The quantitative estimate of drug-likeness (QED) is 0.227. The molecule has 1 fully saturated rings. The van der Waals surface area contributed by atoms with Gasteiger partial charge in [0.25, 0.3) is 5.91 Å². The Labute approximate surface area is 229 Å². The van der Waals surface area contributed by atoms with Crippen molar-refractivity contribution in [2.45, 2.75) is 6.61 Å². The average Bonchev–Trinajstić information content (AvgIpc) is 3.09. The number of rotatable bonds is 6. The van der Waals surface area contributed by atoms with Crippen LogP contribution in [0, 0.1) is 0 Å². The van der Waals surface area contributed by atoms with Gasteiger partial charge < -0.3 is 10.1 Å². The van der Waals surface area contributed by atoms with Crippen molar-refractivity contribution >= 4 is 91.1 Å². The van der Waals surface area contributed by atoms with Crippen LogP contribution in [0.1, 0.15) is 11.1 Å². The zero-order valence-corrected chi connectivity index (χ0v) is 22.5. The molecule has 0 unspecified atom stereocenters. The Kier molecular flexibility index (Phi) is 8.35. The maximum Gasteiger partial charge on any atom is 0.338 e. The number of benzene rings is 3. The van der Waals surface area contributed by atoms with E-state index in [1.807, 2.05) is 48.5 Å². The van der Waals surface area contributed by atoms with Crippen molar-refractivity contribution in [3.05, 3.63) is 97.3 Å². The maximum absolute atomic E-state index is 12.9. The molecule has 1 aliphatic rings. The lowest BCUT2D eigenvalue weighted by molar-refractivity contribution is -0.123. The number of thiocarbonyl (C=S) groups is 1. The number of anilines is 1. The summed E-state index contributed by atoms with van der Waals surface area (Å²) in [7, 11) is 0. The van der Waals surface area contributed by atoms with Crippen molar-refractivity contribution < 1.29 is 14.3 Å². The number of halogens is 3. The number of hydrazine groups is 1. The van der Waals surface area contributed by atoms with Crippen molar-refractivity contribution in [1.82, 2.24) is 10.4 Å². The molecule has 6 nitrogen and oxygen atoms in total. The fourth-order valence-corrected chi connectivity index (χ4v) is 5.00. The molecule has 3 amide bonds. The van der Waals surface area contributed by atoms with E-state index in [1.54, 1.807) is 18.2 Å². The molecular formula is C24H16BrCl2N3O3S2. The van der Waals surface area contributed by atoms with Gasteiger partial charge in [0, 0.05) is 5.69 Å². The highest BCUT2D eigenvalue weighted by Gasteiger charge is 2.33. The molecule has 2 N–H and O–H groups in total. The van der Waals surface area contributed by atoms with E-state index in [-0.39, 0.29) is 4.32 Å². The summed E-state index contributed by atoms with van der Waals surface area (Å²) in [6.07, 6.45) is 1.70. The summed E-state index contributed by atoms with van der Waals surface area (Å²) in [4.78, 5) is 25.6. The number of amides is 3. The first-order valence-corrected chi connectivity index (χ1v) is 12.8. The van der Waals surface area contributed by atoms with Gasteiger partial charge in [-0.05, 0) is 75.7 Å². The van der Waals surface area contributed by atoms with E-state index in [1.165, 1.54) is 6.07 Å². The summed E-state index contributed by atoms with van der Waals surface area (Å²) >= 11 is 21.7. The van der Waals surface area contributed by atoms with Crippen LogP contribution in [0.4, 0.5) is 10.5 Å². The van der Waals surface area contributed by atoms with Crippen molar-refractivity contribution in [2.24, 2.45) is 0 Å². The molecule has 3 aromatic rings. The molecule has 1 aliphatic heterocycles. The van der Waals surface area contributed by atoms with Crippen LogP contribution in [0.25, 0.3) is 6.08 Å². The maximum atomic E-state index is 12.9. The number of hydrogen-bond donors (Lipinski definition) is 2. The standard InChI is InChI=1S/C24H16BrCl2N3O3S2/c25-17-10-15(6-9-20(17)33-13-14-4-2-1-3-5-14)11-21-22(31)30(24(34)35-21)29-23(32)28-16-7-8-18(26)19(27)12-16/h1-12H,13H2,(H2,28,29,32)/b21-11+. The smallest absolute Gasteiger partial charge is 0.338 e. The number of ether oxygens (including phenoxy) is 1. The predicted molar refractivity (Wildman–Crippen MR) is 149 cm³/mol. The first-order chi connectivity index (χ1) is 16.8. The monoisotopic (exact) mass is 607 g/mol. The molecule has 11 heteroatoms. The molecule has 178 valence electrons. The zero-order valence-electron chi connectivity index (χ0n) is 17.8. The van der Waals surface area contributed by atoms with Crippen molar-refractivity contribution in [1.29, 1.82) is 0 Å². The minimum atomic E-state index is -0.649. The van der Waals surface area contributed by atoms with Crippen LogP contribution in [-0.2, 0) is 11.4 Å². The lowest BCUT2D eigenvalue weighted by Gasteiger charge is -2.16. The molecule has 0 aliphatic carbocycles. The van der Waals surface area contributed by atoms with Crippen LogP contribution >= 0.6 is 63.1 Å². The van der Waals surface area contributed by atoms with Gasteiger partial charge >= 0.3 is 6.03 Å². The van der Waals surface area contributed by atoms with Crippen LogP contribution in [0.5, 0.6) is 5.75 Å². The van der Waals surface area contributed by atoms with Crippen LogP contribution in [-0.4, -0.2) is 21.3 Å². The van der Waals surface area contributed by atoms with E-state index in [9.17, 15) is 9.59 Å². The molecule has 1 saturated heterocycles. The minimum absolute atomic E-state index is 0.201. The third-order valence-electron chi connectivity index (χ3n) is 4.68. The van der Waals surface area contributed by atoms with Crippen molar-refractivity contribution in [3.63, 3.8) is 0 Å². The molecule has 0 bridgehead atoms. The highest BCUT2D eigenvalue weighted by Crippen LogP contribution is 2.33. The van der Waals surface area contributed by atoms with Crippen molar-refractivity contribution in [2.75, 3.05) is 5.32 Å². The van der Waals surface area contributed by atoms with Gasteiger partial charge in [0.1, 0.15) is 12.4 Å². The summed E-state index contributed by atoms with van der Waals surface area (Å²) in [6.45, 7) is 0.438. The molecule has 1 heterocycles. The average molecular weight is 609 g/mol. The second-order valence-corrected chi connectivity index (χ2v) is 10.5. The minimum Gasteiger partial charge on any atom is -0.488 e. The van der Waals surface area contributed by atoms with E-state index in [2.05, 4.69) is 26.7 Å². The van der Waals surface area contributed by atoms with Gasteiger partial charge in [0.2, 0.25) is 0 Å². The van der Waals surface area contributed by atoms with Gasteiger partial charge in [0.05, 0.1) is 19.4 Å². The number of nitrogens with one attached hydrogen (secondary N) is 2. The summed E-state index contributed by atoms with van der Waals surface area (Å²) in [5.41, 5.74) is 4.70. The molecule has 0 aromatic heterocycles. The summed E-state index contributed by atoms with van der Waals surface area (Å²) < 4.78 is 6.82. The normalized spacial score (nSPS) is 14.4. The van der Waals surface area contributed by atoms with E-state index in [4.69, 9.17) is 40.2 Å². The molecule has 4 rings (SSSR count). The fourth-order valence-electron chi connectivity index (χ4n) is 3.01. The highest BCUT2D eigenvalue weighted by atomic mass is 79.9. The van der Waals surface area contributed by atoms with Crippen LogP contribution in [0.15, 0.2) is 76.1 Å². The molecule has 0 spiro atoms. The van der Waals surface area contributed by atoms with Gasteiger partial charge in [-0.25, -0.2) is 10.2 Å². The predicted octanol–water partition coefficient (Wildman–Crippen LogP) is 7.27. The van der Waals surface area contributed by atoms with Crippen LogP contribution < -0.4 is 15.5 Å². The molecule has 35 heavy (non-hydrogen) atoms. The second kappa shape index (κ2) is 11.5. The lowest BCUT2D eigenvalue weighted by atomic mass is 10.2. The number of carbonyl (C=O) groups is 2. The molecule has 0 radical (unpaired) electrons. The van der Waals surface area contributed by atoms with E-state index >= 15 is 0 Å². The molecule has 3 aromatic carbocycles. The summed E-state index contributed by atoms with van der Waals surface area (Å²) in [6, 6.07) is 19.3. The van der Waals surface area contributed by atoms with Gasteiger partial charge in [-0.15, -0.1) is 0 Å². The van der Waals surface area contributed by atoms with Crippen molar-refractivity contribution in [3.8, 4) is 5.75 Å². The molecule has 0 saturated carbocycles. The zero-order chi connectivity index (χ0) is 24.9. The van der Waals surface area contributed by atoms with Gasteiger partial charge in [-0.3, -0.25) is 4.79 Å². The highest BCUT2D eigenvalue weighted by molar-refractivity contribution is 9.10. The van der Waals surface area contributed by atoms with Crippen LogP contribution in [0.3, 0.4) is 0 Å². The molecular weight excluding hydrogens is 593 g/mol. The Hall–Kier alpha value is -2.56. The second-order valence-electron chi connectivity index (χ2n) is 7.18. The summed E-state index contributed by atoms with van der Waals surface area (Å²) in [5, 5.41) is 4.26. The van der Waals surface area contributed by atoms with Gasteiger partial charge in [0.15, 0.2) is 4.32 Å². The topological polar surface area (TPSA) is 70.7 Å². The third kappa shape index (κ3) is 6.56. The van der Waals surface area contributed by atoms with E-state index < -0.39 is 11.9 Å². The third-order valence-corrected chi connectivity index (χ3v) is 7.34. The first-order valence-electron chi connectivity index (χ1n) is 10.1. The Morgan fingerprint density at radius 3 is 2.57 bits per heavy atom. The molecule has 0 atom stereocenters. The Morgan fingerprint density at radius 2 is 1.86 bits per heavy atom. The number of nitrogens with zero attached hydrogens (tertiary/aromatic N) is 1. The number of carbonyl (C=O) groups excluding carboxylic acids is 2. The number of urea groups is 1. The fraction of sp³-hybridized carbons (Fsp3) is 0.0417. The van der Waals surface area contributed by atoms with Gasteiger partial charge in [-0.1, -0.05) is 71.4 Å². The van der Waals surface area contributed by atoms with Gasteiger partial charge in [-0.2, -0.15) is 5.01 Å². The Bertz CT molecular complexity index is 1340. The first kappa shape index (κ1) is 25.5. The SMILES string of the molecule is O=C(Nc1ccc(Cl)c(Cl)c1)NN1C(=O)/C(=C\c2ccc(OCc3ccccc3)c(Br)c2)SC1=S. The number of thioether (sulfide) groups is 1. The summed E-state index contributed by atoms with van der Waals surface area (Å²) in [5.74, 6) is 0.240. The Morgan fingerprint density at radius 1 is 1.09 bits per heavy atom. The lowest BCUT2D eigenvalue weighted by Crippen LogP contribution is -2.46. The van der Waals surface area contributed by atoms with E-state index in [0.717, 1.165) is 32.4 Å². The van der Waals surface area contributed by atoms with E-state index in [0.29, 0.717) is 33.0 Å². The largest absolute Gasteiger partial charge is 0.488 e. The Balaban J connectivity index is 1.40. The van der Waals surface area contributed by atoms with Crippen LogP contribution in [0.2, 0.25) is 10.0 Å².